The fraction of sp³-hybridized carbons (Fsp3) is 0.550. The van der Waals surface area contributed by atoms with Crippen LogP contribution in [-0.4, -0.2) is 119 Å². The monoisotopic (exact) mass is 812 g/mol. The van der Waals surface area contributed by atoms with Gasteiger partial charge < -0.3 is 34.7 Å². The van der Waals surface area contributed by atoms with Gasteiger partial charge in [0, 0.05) is 62.1 Å². The number of aromatic amines is 1. The van der Waals surface area contributed by atoms with Crippen LogP contribution in [0.2, 0.25) is 5.02 Å². The number of halogens is 1. The van der Waals surface area contributed by atoms with E-state index in [1.165, 1.54) is 0 Å². The largest absolute Gasteiger partial charge is 0.506 e. The molecular formula is C40H53ClN6O6S2. The summed E-state index contributed by atoms with van der Waals surface area (Å²) >= 11 is 9.22. The highest BCUT2D eigenvalue weighted by Gasteiger charge is 2.41. The number of fused-ring (bicyclic) bond motifs is 1. The molecule has 4 aromatic rings. The summed E-state index contributed by atoms with van der Waals surface area (Å²) in [6.07, 6.45) is 3.46. The fourth-order valence-electron chi connectivity index (χ4n) is 7.36. The molecule has 6 rings (SSSR count). The lowest BCUT2D eigenvalue weighted by Crippen LogP contribution is -2.58. The van der Waals surface area contributed by atoms with Crippen molar-refractivity contribution in [2.45, 2.75) is 70.9 Å². The summed E-state index contributed by atoms with van der Waals surface area (Å²) in [6, 6.07) is 9.65. The van der Waals surface area contributed by atoms with E-state index in [0.29, 0.717) is 101 Å². The predicted octanol–water partition coefficient (Wildman–Crippen LogP) is 5.67. The van der Waals surface area contributed by atoms with E-state index in [1.807, 2.05) is 40.3 Å². The number of amides is 2. The summed E-state index contributed by atoms with van der Waals surface area (Å²) in [5.41, 5.74) is 3.98. The number of H-pyrrole nitrogens is 1. The number of piperidine rings is 1. The molecule has 2 aromatic heterocycles. The highest BCUT2D eigenvalue weighted by atomic mass is 35.5. The number of benzene rings is 2. The van der Waals surface area contributed by atoms with E-state index in [0.717, 1.165) is 70.2 Å². The van der Waals surface area contributed by atoms with Gasteiger partial charge in [-0.05, 0) is 74.0 Å². The number of carbonyl (C=O) groups is 2. The Kier molecular flexibility index (Phi) is 14.4. The molecule has 1 spiro atoms. The number of hydrogen-bond donors (Lipinski definition) is 3. The van der Waals surface area contributed by atoms with E-state index in [9.17, 15) is 19.5 Å². The molecule has 12 nitrogen and oxygen atoms in total. The topological polar surface area (TPSA) is 140 Å². The summed E-state index contributed by atoms with van der Waals surface area (Å²) in [7, 11) is 0. The van der Waals surface area contributed by atoms with Crippen molar-refractivity contribution in [3.05, 3.63) is 77.8 Å². The zero-order valence-corrected chi connectivity index (χ0v) is 34.4. The molecule has 3 N–H and O–H groups in total. The van der Waals surface area contributed by atoms with Crippen LogP contribution in [0.5, 0.6) is 5.75 Å². The first-order chi connectivity index (χ1) is 26.5. The number of aromatic nitrogens is 2. The van der Waals surface area contributed by atoms with Crippen LogP contribution in [0.25, 0.3) is 10.2 Å². The SMILES string of the molecule is CCN(CCNCCc1ccc(O)c2[nH]c(=O)sc12)C(=O)CCOCCc1cc(Cl)cc(CN2CCC3(CC2)CN(C(=O)c2csc(C(C)C)n2)CCO3)c1. The van der Waals surface area contributed by atoms with Crippen LogP contribution in [0.15, 0.2) is 40.5 Å². The van der Waals surface area contributed by atoms with Gasteiger partial charge in [0.15, 0.2) is 0 Å². The van der Waals surface area contributed by atoms with Crippen molar-refractivity contribution in [1.29, 1.82) is 0 Å². The van der Waals surface area contributed by atoms with E-state index in [2.05, 4.69) is 40.1 Å². The number of ether oxygens (including phenoxy) is 2. The predicted molar refractivity (Wildman–Crippen MR) is 219 cm³/mol. The van der Waals surface area contributed by atoms with Gasteiger partial charge in [0.1, 0.15) is 17.0 Å². The Hall–Kier alpha value is -3.37. The average Bonchev–Trinajstić information content (AvgIpc) is 3.83. The molecule has 2 aliphatic heterocycles. The smallest absolute Gasteiger partial charge is 0.305 e. The van der Waals surface area contributed by atoms with Crippen molar-refractivity contribution < 1.29 is 24.2 Å². The molecule has 0 bridgehead atoms. The van der Waals surface area contributed by atoms with Crippen LogP contribution >= 0.6 is 34.3 Å². The maximum absolute atomic E-state index is 13.3. The standard InChI is InChI=1S/C40H53ClN6O6S2/c1-4-46(16-13-42-12-7-30-5-6-33(48)35-36(30)55-39(51)44-35)34(49)9-19-52-18-8-28-21-29(23-31(41)22-28)24-45-14-10-40(11-15-45)26-47(17-20-53-40)38(50)32-25-54-37(43-32)27(2)3/h5-6,21-23,25,27,42,48H,4,7-20,24,26H2,1-3H3,(H,44,51). The lowest BCUT2D eigenvalue weighted by molar-refractivity contribution is -0.132. The van der Waals surface area contributed by atoms with Crippen LogP contribution < -0.4 is 10.2 Å². The number of aromatic hydroxyl groups is 1. The van der Waals surface area contributed by atoms with Crippen molar-refractivity contribution in [1.82, 2.24) is 30.0 Å². The van der Waals surface area contributed by atoms with E-state index in [1.54, 1.807) is 17.4 Å². The lowest BCUT2D eigenvalue weighted by atomic mass is 9.89. The molecule has 2 aromatic carbocycles. The average molecular weight is 813 g/mol. The number of nitrogens with one attached hydrogen (secondary N) is 2. The second-order valence-corrected chi connectivity index (χ2v) is 17.1. The Morgan fingerprint density at radius 1 is 1.13 bits per heavy atom. The van der Waals surface area contributed by atoms with E-state index in [-0.39, 0.29) is 28.0 Å². The molecular weight excluding hydrogens is 760 g/mol. The molecule has 298 valence electrons. The molecule has 0 saturated carbocycles. The summed E-state index contributed by atoms with van der Waals surface area (Å²) in [6.45, 7) is 13.9. The van der Waals surface area contributed by atoms with Crippen molar-refractivity contribution in [3.8, 4) is 5.75 Å². The third-order valence-electron chi connectivity index (χ3n) is 10.5. The number of hydrogen-bond acceptors (Lipinski definition) is 11. The first-order valence-electron chi connectivity index (χ1n) is 19.3. The number of carbonyl (C=O) groups excluding carboxylic acids is 2. The zero-order valence-electron chi connectivity index (χ0n) is 32.0. The summed E-state index contributed by atoms with van der Waals surface area (Å²) in [5, 5.41) is 17.0. The molecule has 2 fully saturated rings. The van der Waals surface area contributed by atoms with Crippen LogP contribution in [-0.2, 0) is 33.7 Å². The lowest BCUT2D eigenvalue weighted by Gasteiger charge is -2.47. The molecule has 2 saturated heterocycles. The minimum atomic E-state index is -0.317. The summed E-state index contributed by atoms with van der Waals surface area (Å²) < 4.78 is 13.0. The van der Waals surface area contributed by atoms with E-state index in [4.69, 9.17) is 21.1 Å². The van der Waals surface area contributed by atoms with Gasteiger partial charge in [-0.25, -0.2) is 4.98 Å². The Bertz CT molecular complexity index is 1970. The molecule has 4 heterocycles. The number of phenols is 1. The Morgan fingerprint density at radius 3 is 2.69 bits per heavy atom. The number of rotatable bonds is 17. The van der Waals surface area contributed by atoms with Gasteiger partial charge in [0.2, 0.25) is 5.91 Å². The molecule has 15 heteroatoms. The third kappa shape index (κ3) is 10.9. The van der Waals surface area contributed by atoms with Gasteiger partial charge in [-0.2, -0.15) is 0 Å². The van der Waals surface area contributed by atoms with Gasteiger partial charge in [-0.3, -0.25) is 19.3 Å². The van der Waals surface area contributed by atoms with E-state index < -0.39 is 0 Å². The normalized spacial score (nSPS) is 16.1. The number of likely N-dealkylation sites (tertiary alicyclic amines) is 1. The first kappa shape index (κ1) is 41.3. The molecule has 55 heavy (non-hydrogen) atoms. The highest BCUT2D eigenvalue weighted by Crippen LogP contribution is 2.32. The van der Waals surface area contributed by atoms with E-state index >= 15 is 0 Å². The van der Waals surface area contributed by atoms with Gasteiger partial charge in [0.05, 0.1) is 48.1 Å². The maximum Gasteiger partial charge on any atom is 0.305 e. The van der Waals surface area contributed by atoms with Crippen molar-refractivity contribution >= 4 is 56.3 Å². The summed E-state index contributed by atoms with van der Waals surface area (Å²) in [5.74, 6) is 0.453. The minimum absolute atomic E-state index is 0.00303. The quantitative estimate of drug-likeness (QED) is 0.115. The van der Waals surface area contributed by atoms with Crippen LogP contribution in [0.3, 0.4) is 0 Å². The molecule has 2 amide bonds. The second-order valence-electron chi connectivity index (χ2n) is 14.8. The van der Waals surface area contributed by atoms with Crippen LogP contribution in [0, 0.1) is 0 Å². The van der Waals surface area contributed by atoms with Gasteiger partial charge >= 0.3 is 4.87 Å². The molecule has 2 aliphatic rings. The van der Waals surface area contributed by atoms with Gasteiger partial charge in [-0.1, -0.05) is 48.9 Å². The third-order valence-corrected chi connectivity index (χ3v) is 12.8. The number of nitrogens with zero attached hydrogens (tertiary/aromatic N) is 4. The Labute approximate surface area is 335 Å². The van der Waals surface area contributed by atoms with Crippen LogP contribution in [0.4, 0.5) is 0 Å². The van der Waals surface area contributed by atoms with Gasteiger partial charge in [0.25, 0.3) is 5.91 Å². The Balaban J connectivity index is 0.876. The number of likely N-dealkylation sites (N-methyl/N-ethyl adjacent to an activating group) is 1. The second kappa shape index (κ2) is 19.2. The minimum Gasteiger partial charge on any atom is -0.506 e. The zero-order chi connectivity index (χ0) is 39.0. The Morgan fingerprint density at radius 2 is 1.93 bits per heavy atom. The van der Waals surface area contributed by atoms with Crippen molar-refractivity contribution in [3.63, 3.8) is 0 Å². The molecule has 0 atom stereocenters. The molecule has 0 aliphatic carbocycles. The molecule has 0 unspecified atom stereocenters. The van der Waals surface area contributed by atoms with Gasteiger partial charge in [-0.15, -0.1) is 11.3 Å². The molecule has 0 radical (unpaired) electrons. The number of morpholine rings is 1. The first-order valence-corrected chi connectivity index (χ1v) is 21.4. The van der Waals surface area contributed by atoms with Crippen LogP contribution in [0.1, 0.15) is 78.1 Å². The maximum atomic E-state index is 13.3. The highest BCUT2D eigenvalue weighted by molar-refractivity contribution is 7.16. The van der Waals surface area contributed by atoms with Crippen molar-refractivity contribution in [2.75, 3.05) is 72.2 Å². The fourth-order valence-corrected chi connectivity index (χ4v) is 9.35. The number of phenolic OH excluding ortho intramolecular Hbond substituents is 1. The summed E-state index contributed by atoms with van der Waals surface area (Å²) in [4.78, 5) is 51.2. The number of thiazole rings is 2. The van der Waals surface area contributed by atoms with Crippen molar-refractivity contribution in [2.24, 2.45) is 0 Å².